The Kier molecular flexibility index (Phi) is 3.11. The number of nitrogens with zero attached hydrogens (tertiary/aromatic N) is 1. The molecular weight excluding hydrogens is 128 g/mol. The van der Waals surface area contributed by atoms with Gasteiger partial charge in [0, 0.05) is 0 Å². The van der Waals surface area contributed by atoms with Crippen LogP contribution in [0.2, 0.25) is 0 Å². The zero-order valence-corrected chi connectivity index (χ0v) is 4.66. The molecule has 1 radical (unpaired) electrons. The molecule has 0 aromatic rings. The second-order valence-corrected chi connectivity index (χ2v) is 1.22. The molecule has 0 saturated carbocycles. The Bertz CT molecular complexity index is 114. The van der Waals surface area contributed by atoms with Gasteiger partial charge in [-0.3, -0.25) is 9.63 Å². The molecule has 0 spiro atoms. The van der Waals surface area contributed by atoms with Crippen molar-refractivity contribution in [1.82, 2.24) is 5.32 Å². The molecule has 9 heavy (non-hydrogen) atoms. The molecule has 0 fully saturated rings. The van der Waals surface area contributed by atoms with E-state index in [-0.39, 0.29) is 0 Å². The van der Waals surface area contributed by atoms with E-state index in [1.165, 1.54) is 13.3 Å². The first-order valence-electron chi connectivity index (χ1n) is 2.10. The summed E-state index contributed by atoms with van der Waals surface area (Å²) >= 11 is 0. The maximum atomic E-state index is 9.50. The largest absolute Gasteiger partial charge is 0.323 e. The van der Waals surface area contributed by atoms with E-state index >= 15 is 0 Å². The second kappa shape index (κ2) is 3.65. The third-order valence-corrected chi connectivity index (χ3v) is 0.506. The standard InChI is InChI=1S/C3H5N2O4/c1-3(4-2-6)9-5(7)8/h3H,1H3,(H,4,6). The third-order valence-electron chi connectivity index (χ3n) is 0.506. The van der Waals surface area contributed by atoms with E-state index in [0.717, 1.165) is 0 Å². The number of carbonyl (C=O) groups excluding carboxylic acids is 1. The Morgan fingerprint density at radius 1 is 1.89 bits per heavy atom. The van der Waals surface area contributed by atoms with Gasteiger partial charge in [0.25, 0.3) is 5.09 Å². The summed E-state index contributed by atoms with van der Waals surface area (Å²) < 4.78 is 0. The van der Waals surface area contributed by atoms with E-state index in [2.05, 4.69) is 4.84 Å². The van der Waals surface area contributed by atoms with Crippen LogP contribution in [-0.2, 0) is 9.63 Å². The Hall–Kier alpha value is -1.33. The summed E-state index contributed by atoms with van der Waals surface area (Å²) in [5.74, 6) is 0. The van der Waals surface area contributed by atoms with Gasteiger partial charge in [0.05, 0.1) is 0 Å². The van der Waals surface area contributed by atoms with E-state index in [1.54, 1.807) is 0 Å². The van der Waals surface area contributed by atoms with Gasteiger partial charge in [-0.15, -0.1) is 10.1 Å². The molecule has 0 bridgehead atoms. The lowest BCUT2D eigenvalue weighted by Crippen LogP contribution is -2.29. The summed E-state index contributed by atoms with van der Waals surface area (Å²) in [5, 5.41) is 10.4. The summed E-state index contributed by atoms with van der Waals surface area (Å²) in [6.07, 6.45) is 0.311. The van der Waals surface area contributed by atoms with Gasteiger partial charge in [0.2, 0.25) is 0 Å². The molecule has 0 aliphatic heterocycles. The van der Waals surface area contributed by atoms with Gasteiger partial charge in [-0.2, -0.15) is 0 Å². The molecule has 1 N–H and O–H groups in total. The van der Waals surface area contributed by atoms with Crippen LogP contribution in [0.1, 0.15) is 6.92 Å². The molecule has 1 unspecified atom stereocenters. The molecule has 1 amide bonds. The van der Waals surface area contributed by atoms with Crippen molar-refractivity contribution in [3.63, 3.8) is 0 Å². The van der Waals surface area contributed by atoms with Crippen molar-refractivity contribution in [2.75, 3.05) is 0 Å². The van der Waals surface area contributed by atoms with Crippen molar-refractivity contribution in [1.29, 1.82) is 0 Å². The van der Waals surface area contributed by atoms with Crippen molar-refractivity contribution in [3.05, 3.63) is 10.1 Å². The lowest BCUT2D eigenvalue weighted by atomic mass is 10.7. The monoisotopic (exact) mass is 133 g/mol. The number of nitrogens with one attached hydrogen (secondary N) is 1. The third kappa shape index (κ3) is 4.52. The lowest BCUT2D eigenvalue weighted by molar-refractivity contribution is -0.768. The van der Waals surface area contributed by atoms with Crippen molar-refractivity contribution in [2.24, 2.45) is 0 Å². The molecule has 1 atom stereocenters. The summed E-state index contributed by atoms with van der Waals surface area (Å²) in [6, 6.07) is 0. The van der Waals surface area contributed by atoms with Crippen LogP contribution in [0.5, 0.6) is 0 Å². The van der Waals surface area contributed by atoms with Crippen LogP contribution >= 0.6 is 0 Å². The van der Waals surface area contributed by atoms with E-state index in [1.807, 2.05) is 5.32 Å². The smallest absolute Gasteiger partial charge is 0.311 e. The number of hydrogen-bond acceptors (Lipinski definition) is 4. The fraction of sp³-hybridized carbons (Fsp3) is 0.667. The van der Waals surface area contributed by atoms with Crippen molar-refractivity contribution in [2.45, 2.75) is 13.2 Å². The normalized spacial score (nSPS) is 11.7. The van der Waals surface area contributed by atoms with Gasteiger partial charge in [0.15, 0.2) is 6.23 Å². The molecular formula is C3H5N2O4. The Morgan fingerprint density at radius 3 is 2.78 bits per heavy atom. The zero-order valence-electron chi connectivity index (χ0n) is 4.66. The second-order valence-electron chi connectivity index (χ2n) is 1.22. The van der Waals surface area contributed by atoms with Crippen molar-refractivity contribution in [3.8, 4) is 0 Å². The van der Waals surface area contributed by atoms with Crippen LogP contribution in [0.4, 0.5) is 0 Å². The van der Waals surface area contributed by atoms with Crippen molar-refractivity contribution < 1.29 is 14.7 Å². The van der Waals surface area contributed by atoms with E-state index < -0.39 is 11.3 Å². The predicted octanol–water partition coefficient (Wildman–Crippen LogP) is -0.802. The van der Waals surface area contributed by atoms with E-state index in [9.17, 15) is 14.9 Å². The SMILES string of the molecule is CC(N[C]=O)O[N+](=O)[O-]. The van der Waals surface area contributed by atoms with Gasteiger partial charge >= 0.3 is 6.41 Å². The molecule has 0 aromatic heterocycles. The molecule has 0 aliphatic carbocycles. The van der Waals surface area contributed by atoms with Crippen LogP contribution in [0.3, 0.4) is 0 Å². The fourth-order valence-electron chi connectivity index (χ4n) is 0.238. The molecule has 0 rings (SSSR count). The molecule has 6 nitrogen and oxygen atoms in total. The topological polar surface area (TPSA) is 81.5 Å². The highest BCUT2D eigenvalue weighted by atomic mass is 17.0. The van der Waals surface area contributed by atoms with Crippen LogP contribution in [-0.4, -0.2) is 17.7 Å². The van der Waals surface area contributed by atoms with E-state index in [4.69, 9.17) is 0 Å². The maximum absolute atomic E-state index is 9.50. The Morgan fingerprint density at radius 2 is 2.44 bits per heavy atom. The van der Waals surface area contributed by atoms with Crippen LogP contribution in [0.25, 0.3) is 0 Å². The fourth-order valence-corrected chi connectivity index (χ4v) is 0.238. The first kappa shape index (κ1) is 7.67. The highest BCUT2D eigenvalue weighted by molar-refractivity contribution is 5.47. The predicted molar refractivity (Wildman–Crippen MR) is 26.4 cm³/mol. The highest BCUT2D eigenvalue weighted by Gasteiger charge is 2.02. The van der Waals surface area contributed by atoms with Crippen molar-refractivity contribution >= 4 is 6.41 Å². The average Bonchev–Trinajstić information content (AvgIpc) is 1.63. The van der Waals surface area contributed by atoms with Crippen LogP contribution < -0.4 is 5.32 Å². The Balaban J connectivity index is 3.37. The quantitative estimate of drug-likeness (QED) is 0.235. The first-order chi connectivity index (χ1) is 4.16. The van der Waals surface area contributed by atoms with Gasteiger partial charge in [-0.25, -0.2) is 0 Å². The summed E-state index contributed by atoms with van der Waals surface area (Å²) in [7, 11) is 0. The van der Waals surface area contributed by atoms with Gasteiger partial charge in [-0.1, -0.05) is 0 Å². The first-order valence-corrected chi connectivity index (χ1v) is 2.10. The molecule has 0 aromatic carbocycles. The number of amides is 1. The van der Waals surface area contributed by atoms with Crippen LogP contribution in [0, 0.1) is 10.1 Å². The minimum Gasteiger partial charge on any atom is -0.323 e. The summed E-state index contributed by atoms with van der Waals surface area (Å²) in [5.41, 5.74) is 0. The molecule has 6 heteroatoms. The molecule has 51 valence electrons. The Labute approximate surface area is 50.9 Å². The molecule has 0 heterocycles. The average molecular weight is 133 g/mol. The van der Waals surface area contributed by atoms with Crippen LogP contribution in [0.15, 0.2) is 0 Å². The minimum atomic E-state index is -0.991. The zero-order chi connectivity index (χ0) is 7.28. The van der Waals surface area contributed by atoms with Gasteiger partial charge < -0.3 is 5.32 Å². The summed E-state index contributed by atoms with van der Waals surface area (Å²) in [4.78, 5) is 22.8. The maximum Gasteiger partial charge on any atom is 0.311 e. The molecule has 0 saturated heterocycles. The number of hydrogen-bond donors (Lipinski definition) is 1. The molecule has 0 aliphatic rings. The highest BCUT2D eigenvalue weighted by Crippen LogP contribution is 1.81. The van der Waals surface area contributed by atoms with Gasteiger partial charge in [-0.05, 0) is 6.92 Å². The van der Waals surface area contributed by atoms with Gasteiger partial charge in [0.1, 0.15) is 0 Å². The summed E-state index contributed by atoms with van der Waals surface area (Å²) in [6.45, 7) is 1.31. The number of rotatable bonds is 4. The minimum absolute atomic E-state index is 0.933. The lowest BCUT2D eigenvalue weighted by Gasteiger charge is -2.04. The van der Waals surface area contributed by atoms with E-state index in [0.29, 0.717) is 0 Å².